The number of halogens is 2. The van der Waals surface area contributed by atoms with Gasteiger partial charge in [0.1, 0.15) is 5.82 Å². The molecule has 0 spiro atoms. The summed E-state index contributed by atoms with van der Waals surface area (Å²) in [7, 11) is 0. The van der Waals surface area contributed by atoms with Crippen LogP contribution in [0.3, 0.4) is 0 Å². The number of amides is 1. The number of carbonyl (C=O) groups excluding carboxylic acids is 1. The van der Waals surface area contributed by atoms with Gasteiger partial charge in [0.05, 0.1) is 4.47 Å². The quantitative estimate of drug-likeness (QED) is 0.810. The van der Waals surface area contributed by atoms with Crippen molar-refractivity contribution in [3.8, 4) is 0 Å². The van der Waals surface area contributed by atoms with Crippen LogP contribution in [0.4, 0.5) is 4.39 Å². The topological polar surface area (TPSA) is 20.3 Å². The minimum absolute atomic E-state index is 0.120. The monoisotopic (exact) mass is 271 g/mol. The van der Waals surface area contributed by atoms with Crippen molar-refractivity contribution in [2.75, 3.05) is 6.54 Å². The Hall–Kier alpha value is -0.900. The fraction of sp³-hybridized carbons (Fsp3) is 0.364. The van der Waals surface area contributed by atoms with Crippen molar-refractivity contribution in [2.24, 2.45) is 0 Å². The molecular formula is C11H11BrFNO. The molecule has 0 atom stereocenters. The SMILES string of the molecule is O=C1CCCN1Cc1cccc(Br)c1F. The number of carbonyl (C=O) groups is 1. The van der Waals surface area contributed by atoms with Gasteiger partial charge in [0.25, 0.3) is 0 Å². The highest BCUT2D eigenvalue weighted by Gasteiger charge is 2.21. The standard InChI is InChI=1S/C11H11BrFNO/c12-9-4-1-3-8(11(9)13)7-14-6-2-5-10(14)15/h1,3-4H,2,5-7H2. The average molecular weight is 272 g/mol. The first-order valence-corrected chi connectivity index (χ1v) is 5.68. The maximum Gasteiger partial charge on any atom is 0.222 e. The Morgan fingerprint density at radius 3 is 2.93 bits per heavy atom. The maximum atomic E-state index is 13.6. The van der Waals surface area contributed by atoms with E-state index in [2.05, 4.69) is 15.9 Å². The van der Waals surface area contributed by atoms with Gasteiger partial charge in [-0.15, -0.1) is 0 Å². The van der Waals surface area contributed by atoms with Crippen LogP contribution in [-0.2, 0) is 11.3 Å². The molecule has 1 saturated heterocycles. The largest absolute Gasteiger partial charge is 0.338 e. The first-order chi connectivity index (χ1) is 7.18. The summed E-state index contributed by atoms with van der Waals surface area (Å²) in [6.07, 6.45) is 1.48. The lowest BCUT2D eigenvalue weighted by molar-refractivity contribution is -0.128. The summed E-state index contributed by atoms with van der Waals surface area (Å²) in [4.78, 5) is 13.1. The normalized spacial score (nSPS) is 16.1. The van der Waals surface area contributed by atoms with Gasteiger partial charge in [0.15, 0.2) is 0 Å². The number of hydrogen-bond donors (Lipinski definition) is 0. The molecule has 1 aliphatic heterocycles. The smallest absolute Gasteiger partial charge is 0.222 e. The van der Waals surface area contributed by atoms with E-state index >= 15 is 0 Å². The highest BCUT2D eigenvalue weighted by atomic mass is 79.9. The van der Waals surface area contributed by atoms with Crippen molar-refractivity contribution in [3.05, 3.63) is 34.1 Å². The van der Waals surface area contributed by atoms with Crippen molar-refractivity contribution in [3.63, 3.8) is 0 Å². The Balaban J connectivity index is 2.17. The molecule has 2 rings (SSSR count). The summed E-state index contributed by atoms with van der Waals surface area (Å²) >= 11 is 3.13. The molecule has 15 heavy (non-hydrogen) atoms. The summed E-state index contributed by atoms with van der Waals surface area (Å²) < 4.78 is 14.0. The third-order valence-electron chi connectivity index (χ3n) is 2.56. The molecule has 1 aromatic carbocycles. The molecule has 0 radical (unpaired) electrons. The van der Waals surface area contributed by atoms with Crippen LogP contribution in [0.5, 0.6) is 0 Å². The molecule has 0 aromatic heterocycles. The molecule has 1 amide bonds. The van der Waals surface area contributed by atoms with Crippen LogP contribution in [0.1, 0.15) is 18.4 Å². The van der Waals surface area contributed by atoms with Crippen LogP contribution in [0.2, 0.25) is 0 Å². The Labute approximate surface area is 96.2 Å². The van der Waals surface area contributed by atoms with E-state index in [1.165, 1.54) is 0 Å². The van der Waals surface area contributed by atoms with E-state index in [4.69, 9.17) is 0 Å². The summed E-state index contributed by atoms with van der Waals surface area (Å²) in [6.45, 7) is 1.12. The molecule has 1 heterocycles. The fourth-order valence-electron chi connectivity index (χ4n) is 1.75. The zero-order valence-electron chi connectivity index (χ0n) is 8.17. The maximum absolute atomic E-state index is 13.6. The third-order valence-corrected chi connectivity index (χ3v) is 3.18. The predicted molar refractivity (Wildman–Crippen MR) is 58.8 cm³/mol. The van der Waals surface area contributed by atoms with Gasteiger partial charge in [0.2, 0.25) is 5.91 Å². The van der Waals surface area contributed by atoms with Gasteiger partial charge in [-0.3, -0.25) is 4.79 Å². The van der Waals surface area contributed by atoms with Crippen LogP contribution >= 0.6 is 15.9 Å². The average Bonchev–Trinajstić information content (AvgIpc) is 2.60. The van der Waals surface area contributed by atoms with Gasteiger partial charge in [-0.25, -0.2) is 4.39 Å². The van der Waals surface area contributed by atoms with Crippen molar-refractivity contribution < 1.29 is 9.18 Å². The molecule has 0 N–H and O–H groups in total. The Bertz CT molecular complexity index is 394. The first-order valence-electron chi connectivity index (χ1n) is 4.89. The minimum Gasteiger partial charge on any atom is -0.338 e. The number of hydrogen-bond acceptors (Lipinski definition) is 1. The predicted octanol–water partition coefficient (Wildman–Crippen LogP) is 2.71. The van der Waals surface area contributed by atoms with E-state index < -0.39 is 0 Å². The Morgan fingerprint density at radius 2 is 2.27 bits per heavy atom. The Kier molecular flexibility index (Phi) is 3.05. The van der Waals surface area contributed by atoms with E-state index in [-0.39, 0.29) is 11.7 Å². The molecule has 0 unspecified atom stereocenters. The second-order valence-corrected chi connectivity index (χ2v) is 4.49. The van der Waals surface area contributed by atoms with Crippen molar-refractivity contribution in [2.45, 2.75) is 19.4 Å². The Morgan fingerprint density at radius 1 is 1.47 bits per heavy atom. The van der Waals surface area contributed by atoms with Gasteiger partial charge in [-0.1, -0.05) is 12.1 Å². The zero-order valence-corrected chi connectivity index (χ0v) is 9.76. The lowest BCUT2D eigenvalue weighted by atomic mass is 10.2. The van der Waals surface area contributed by atoms with Gasteiger partial charge >= 0.3 is 0 Å². The molecular weight excluding hydrogens is 261 g/mol. The second-order valence-electron chi connectivity index (χ2n) is 3.63. The minimum atomic E-state index is -0.266. The van der Waals surface area contributed by atoms with E-state index in [0.29, 0.717) is 23.0 Å². The fourth-order valence-corrected chi connectivity index (χ4v) is 2.15. The van der Waals surface area contributed by atoms with Gasteiger partial charge in [0, 0.05) is 25.1 Å². The third kappa shape index (κ3) is 2.20. The number of benzene rings is 1. The molecule has 0 aliphatic carbocycles. The molecule has 1 aromatic rings. The molecule has 4 heteroatoms. The summed E-state index contributed by atoms with van der Waals surface area (Å²) in [6, 6.07) is 5.15. The van der Waals surface area contributed by atoms with Gasteiger partial charge < -0.3 is 4.90 Å². The molecule has 2 nitrogen and oxygen atoms in total. The lowest BCUT2D eigenvalue weighted by Crippen LogP contribution is -2.24. The van der Waals surface area contributed by atoms with E-state index in [1.54, 1.807) is 23.1 Å². The van der Waals surface area contributed by atoms with E-state index in [1.807, 2.05) is 0 Å². The zero-order chi connectivity index (χ0) is 10.8. The molecule has 0 saturated carbocycles. The highest BCUT2D eigenvalue weighted by Crippen LogP contribution is 2.21. The van der Waals surface area contributed by atoms with Gasteiger partial charge in [-0.2, -0.15) is 0 Å². The van der Waals surface area contributed by atoms with Crippen LogP contribution < -0.4 is 0 Å². The first kappa shape index (κ1) is 10.6. The summed E-state index contributed by atoms with van der Waals surface area (Å²) in [5.41, 5.74) is 0.569. The summed E-state index contributed by atoms with van der Waals surface area (Å²) in [5.74, 6) is -0.147. The number of likely N-dealkylation sites (tertiary alicyclic amines) is 1. The lowest BCUT2D eigenvalue weighted by Gasteiger charge is -2.16. The van der Waals surface area contributed by atoms with E-state index in [9.17, 15) is 9.18 Å². The van der Waals surface area contributed by atoms with Crippen LogP contribution in [0.15, 0.2) is 22.7 Å². The van der Waals surface area contributed by atoms with Crippen molar-refractivity contribution in [1.29, 1.82) is 0 Å². The molecule has 0 bridgehead atoms. The number of rotatable bonds is 2. The van der Waals surface area contributed by atoms with Gasteiger partial charge in [-0.05, 0) is 28.4 Å². The van der Waals surface area contributed by atoms with Crippen LogP contribution in [-0.4, -0.2) is 17.4 Å². The highest BCUT2D eigenvalue weighted by molar-refractivity contribution is 9.10. The van der Waals surface area contributed by atoms with Crippen LogP contribution in [0, 0.1) is 5.82 Å². The second kappa shape index (κ2) is 4.31. The summed E-state index contributed by atoms with van der Waals surface area (Å²) in [5, 5.41) is 0. The van der Waals surface area contributed by atoms with Crippen molar-refractivity contribution >= 4 is 21.8 Å². The van der Waals surface area contributed by atoms with E-state index in [0.717, 1.165) is 13.0 Å². The molecule has 1 aliphatic rings. The molecule has 1 fully saturated rings. The molecule has 80 valence electrons. The number of nitrogens with zero attached hydrogens (tertiary/aromatic N) is 1. The van der Waals surface area contributed by atoms with Crippen LogP contribution in [0.25, 0.3) is 0 Å². The van der Waals surface area contributed by atoms with Crippen molar-refractivity contribution in [1.82, 2.24) is 4.90 Å².